The monoisotopic (exact) mass is 260 g/mol. The summed E-state index contributed by atoms with van der Waals surface area (Å²) in [4.78, 5) is 4.39. The zero-order chi connectivity index (χ0) is 13.9. The highest BCUT2D eigenvalue weighted by atomic mass is 15.1. The van der Waals surface area contributed by atoms with E-state index in [1.807, 2.05) is 13.3 Å². The number of hydrogen-bond donors (Lipinski definition) is 1. The van der Waals surface area contributed by atoms with Gasteiger partial charge in [-0.1, -0.05) is 6.92 Å². The second-order valence-electron chi connectivity index (χ2n) is 5.69. The standard InChI is InChI=1S/C15H24N4/c1-4-8-18-15(10-16)7-5-6-14(9-15)19-11-17-12(2)13(19)3/h11,14,18H,4-9H2,1-3H3. The first-order valence-corrected chi connectivity index (χ1v) is 7.28. The molecule has 0 radical (unpaired) electrons. The summed E-state index contributed by atoms with van der Waals surface area (Å²) >= 11 is 0. The van der Waals surface area contributed by atoms with Crippen LogP contribution in [0.1, 0.15) is 56.5 Å². The molecule has 1 aliphatic carbocycles. The van der Waals surface area contributed by atoms with E-state index in [4.69, 9.17) is 0 Å². The molecule has 2 unspecified atom stereocenters. The molecule has 2 rings (SSSR count). The fourth-order valence-electron chi connectivity index (χ4n) is 3.03. The Morgan fingerprint density at radius 3 is 2.95 bits per heavy atom. The minimum absolute atomic E-state index is 0.344. The Labute approximate surface area is 115 Å². The number of aromatic nitrogens is 2. The van der Waals surface area contributed by atoms with Gasteiger partial charge in [-0.15, -0.1) is 0 Å². The van der Waals surface area contributed by atoms with Crippen LogP contribution in [0.2, 0.25) is 0 Å². The van der Waals surface area contributed by atoms with Gasteiger partial charge in [0.2, 0.25) is 0 Å². The highest BCUT2D eigenvalue weighted by Crippen LogP contribution is 2.36. The first-order valence-electron chi connectivity index (χ1n) is 7.28. The van der Waals surface area contributed by atoms with Crippen molar-refractivity contribution in [3.8, 4) is 6.07 Å². The van der Waals surface area contributed by atoms with Crippen LogP contribution in [0.4, 0.5) is 0 Å². The van der Waals surface area contributed by atoms with E-state index in [0.29, 0.717) is 6.04 Å². The molecule has 0 aromatic carbocycles. The molecular weight excluding hydrogens is 236 g/mol. The van der Waals surface area contributed by atoms with Gasteiger partial charge in [-0.3, -0.25) is 5.32 Å². The van der Waals surface area contributed by atoms with E-state index in [1.54, 1.807) is 0 Å². The molecule has 4 nitrogen and oxygen atoms in total. The van der Waals surface area contributed by atoms with Crippen molar-refractivity contribution in [2.24, 2.45) is 0 Å². The highest BCUT2D eigenvalue weighted by Gasteiger charge is 2.37. The molecule has 0 saturated heterocycles. The summed E-state index contributed by atoms with van der Waals surface area (Å²) in [6, 6.07) is 2.94. The van der Waals surface area contributed by atoms with Crippen LogP contribution in [0.25, 0.3) is 0 Å². The van der Waals surface area contributed by atoms with Crippen LogP contribution in [0, 0.1) is 25.2 Å². The highest BCUT2D eigenvalue weighted by molar-refractivity contribution is 5.14. The van der Waals surface area contributed by atoms with Gasteiger partial charge >= 0.3 is 0 Å². The molecule has 104 valence electrons. The lowest BCUT2D eigenvalue weighted by Crippen LogP contribution is -2.48. The van der Waals surface area contributed by atoms with Crippen LogP contribution in [0.3, 0.4) is 0 Å². The number of nitrogens with zero attached hydrogens (tertiary/aromatic N) is 3. The molecule has 4 heteroatoms. The van der Waals surface area contributed by atoms with Gasteiger partial charge < -0.3 is 4.57 Å². The summed E-state index contributed by atoms with van der Waals surface area (Å²) in [6.45, 7) is 7.22. The Morgan fingerprint density at radius 1 is 1.58 bits per heavy atom. The van der Waals surface area contributed by atoms with Crippen molar-refractivity contribution < 1.29 is 0 Å². The van der Waals surface area contributed by atoms with Crippen LogP contribution in [-0.2, 0) is 0 Å². The number of aryl methyl sites for hydroxylation is 1. The Hall–Kier alpha value is -1.34. The Kier molecular flexibility index (Phi) is 4.26. The fraction of sp³-hybridized carbons (Fsp3) is 0.733. The van der Waals surface area contributed by atoms with Crippen molar-refractivity contribution in [1.29, 1.82) is 5.26 Å². The summed E-state index contributed by atoms with van der Waals surface area (Å²) in [5, 5.41) is 13.0. The van der Waals surface area contributed by atoms with Crippen molar-refractivity contribution in [1.82, 2.24) is 14.9 Å². The van der Waals surface area contributed by atoms with E-state index in [9.17, 15) is 5.26 Å². The molecule has 2 atom stereocenters. The maximum absolute atomic E-state index is 9.57. The molecule has 0 bridgehead atoms. The van der Waals surface area contributed by atoms with E-state index >= 15 is 0 Å². The fourth-order valence-corrected chi connectivity index (χ4v) is 3.03. The molecule has 1 heterocycles. The largest absolute Gasteiger partial charge is 0.331 e. The Morgan fingerprint density at radius 2 is 2.37 bits per heavy atom. The maximum atomic E-state index is 9.57. The van der Waals surface area contributed by atoms with Crippen molar-refractivity contribution in [3.63, 3.8) is 0 Å². The van der Waals surface area contributed by atoms with Gasteiger partial charge in [-0.05, 0) is 52.5 Å². The number of hydrogen-bond acceptors (Lipinski definition) is 3. The molecule has 1 N–H and O–H groups in total. The predicted molar refractivity (Wildman–Crippen MR) is 75.8 cm³/mol. The van der Waals surface area contributed by atoms with Gasteiger partial charge in [-0.2, -0.15) is 5.26 Å². The van der Waals surface area contributed by atoms with Crippen LogP contribution in [-0.4, -0.2) is 21.6 Å². The second-order valence-corrected chi connectivity index (χ2v) is 5.69. The maximum Gasteiger partial charge on any atom is 0.108 e. The normalized spacial score (nSPS) is 27.2. The first kappa shape index (κ1) is 14.1. The van der Waals surface area contributed by atoms with Gasteiger partial charge in [0, 0.05) is 11.7 Å². The lowest BCUT2D eigenvalue weighted by Gasteiger charge is -2.37. The Bertz CT molecular complexity index is 471. The molecule has 0 aliphatic heterocycles. The molecule has 0 spiro atoms. The van der Waals surface area contributed by atoms with Crippen LogP contribution in [0.15, 0.2) is 6.33 Å². The van der Waals surface area contributed by atoms with Crippen molar-refractivity contribution in [2.45, 2.75) is 64.5 Å². The molecule has 1 aliphatic rings. The third kappa shape index (κ3) is 2.82. The Balaban J connectivity index is 2.16. The first-order chi connectivity index (χ1) is 9.12. The van der Waals surface area contributed by atoms with Crippen LogP contribution < -0.4 is 5.32 Å². The lowest BCUT2D eigenvalue weighted by atomic mass is 9.79. The van der Waals surface area contributed by atoms with E-state index in [2.05, 4.69) is 34.8 Å². The van der Waals surface area contributed by atoms with Crippen LogP contribution in [0.5, 0.6) is 0 Å². The molecule has 1 aromatic heterocycles. The lowest BCUT2D eigenvalue weighted by molar-refractivity contribution is 0.229. The molecule has 1 saturated carbocycles. The molecule has 19 heavy (non-hydrogen) atoms. The summed E-state index contributed by atoms with van der Waals surface area (Å²) < 4.78 is 2.26. The van der Waals surface area contributed by atoms with Gasteiger partial charge in [0.1, 0.15) is 5.54 Å². The van der Waals surface area contributed by atoms with Crippen molar-refractivity contribution in [2.75, 3.05) is 6.54 Å². The third-order valence-electron chi connectivity index (χ3n) is 4.33. The zero-order valence-electron chi connectivity index (χ0n) is 12.2. The van der Waals surface area contributed by atoms with Gasteiger partial charge in [0.25, 0.3) is 0 Å². The quantitative estimate of drug-likeness (QED) is 0.905. The smallest absolute Gasteiger partial charge is 0.108 e. The second kappa shape index (κ2) is 5.75. The van der Waals surface area contributed by atoms with E-state index in [0.717, 1.165) is 44.3 Å². The van der Waals surface area contributed by atoms with E-state index < -0.39 is 0 Å². The van der Waals surface area contributed by atoms with Gasteiger partial charge in [0.05, 0.1) is 18.1 Å². The van der Waals surface area contributed by atoms with Gasteiger partial charge in [0.15, 0.2) is 0 Å². The number of rotatable bonds is 4. The van der Waals surface area contributed by atoms with Crippen molar-refractivity contribution in [3.05, 3.63) is 17.7 Å². The summed E-state index contributed by atoms with van der Waals surface area (Å²) in [5.74, 6) is 0. The number of nitriles is 1. The SMILES string of the molecule is CCCNC1(C#N)CCCC(n2cnc(C)c2C)C1. The average Bonchev–Trinajstić information content (AvgIpc) is 2.77. The average molecular weight is 260 g/mol. The summed E-state index contributed by atoms with van der Waals surface area (Å²) in [6.07, 6.45) is 7.10. The van der Waals surface area contributed by atoms with Gasteiger partial charge in [-0.25, -0.2) is 4.98 Å². The number of nitrogens with one attached hydrogen (secondary N) is 1. The van der Waals surface area contributed by atoms with E-state index in [1.165, 1.54) is 5.69 Å². The molecule has 1 aromatic rings. The number of imidazole rings is 1. The molecular formula is C15H24N4. The van der Waals surface area contributed by atoms with Crippen LogP contribution >= 0.6 is 0 Å². The summed E-state index contributed by atoms with van der Waals surface area (Å²) in [5.41, 5.74) is 1.98. The van der Waals surface area contributed by atoms with E-state index in [-0.39, 0.29) is 5.54 Å². The third-order valence-corrected chi connectivity index (χ3v) is 4.33. The molecule has 1 fully saturated rings. The predicted octanol–water partition coefficient (Wildman–Crippen LogP) is 2.88. The topological polar surface area (TPSA) is 53.6 Å². The minimum atomic E-state index is -0.344. The molecule has 0 amide bonds. The summed E-state index contributed by atoms with van der Waals surface area (Å²) in [7, 11) is 0. The minimum Gasteiger partial charge on any atom is -0.331 e. The van der Waals surface area contributed by atoms with Crippen molar-refractivity contribution >= 4 is 0 Å². The zero-order valence-corrected chi connectivity index (χ0v) is 12.2.